The molecule has 0 spiro atoms. The Morgan fingerprint density at radius 3 is 2.31 bits per heavy atom. The maximum Gasteiger partial charge on any atom is 0.226 e. The molecule has 5 atom stereocenters. The van der Waals surface area contributed by atoms with Crippen LogP contribution in [0.25, 0.3) is 0 Å². The van der Waals surface area contributed by atoms with Crippen LogP contribution < -0.4 is 4.74 Å². The largest absolute Gasteiger partial charge is 0.461 e. The number of benzene rings is 2. The van der Waals surface area contributed by atoms with Gasteiger partial charge in [-0.1, -0.05) is 97.7 Å². The molecule has 0 radical (unpaired) electrons. The molecule has 0 saturated heterocycles. The first-order valence-corrected chi connectivity index (χ1v) is 12.6. The molecule has 29 heavy (non-hydrogen) atoms. The molecule has 0 aliphatic heterocycles. The van der Waals surface area contributed by atoms with Crippen LogP contribution in [0.2, 0.25) is 0 Å². The molecular formula is C26H33IO2. The number of hydrogen-bond acceptors (Lipinski definition) is 2. The predicted molar refractivity (Wildman–Crippen MR) is 127 cm³/mol. The zero-order valence-corrected chi connectivity index (χ0v) is 19.6. The number of fused-ring (bicyclic) bond motifs is 1. The van der Waals surface area contributed by atoms with Crippen LogP contribution in [-0.2, 0) is 4.74 Å². The van der Waals surface area contributed by atoms with Gasteiger partial charge in [0.15, 0.2) is 0 Å². The first-order chi connectivity index (χ1) is 14.2. The van der Waals surface area contributed by atoms with Gasteiger partial charge >= 0.3 is 0 Å². The van der Waals surface area contributed by atoms with E-state index >= 15 is 0 Å². The molecule has 0 bridgehead atoms. The van der Waals surface area contributed by atoms with Crippen molar-refractivity contribution in [3.8, 4) is 5.75 Å². The molecular weight excluding hydrogens is 471 g/mol. The molecule has 2 nitrogen and oxygen atoms in total. The normalized spacial score (nSPS) is 26.3. The monoisotopic (exact) mass is 504 g/mol. The lowest BCUT2D eigenvalue weighted by atomic mass is 9.70. The molecule has 0 aromatic heterocycles. The highest BCUT2D eigenvalue weighted by molar-refractivity contribution is 14.1. The Hall–Kier alpha value is -1.07. The Morgan fingerprint density at radius 1 is 0.862 bits per heavy atom. The average molecular weight is 504 g/mol. The minimum atomic E-state index is -0.339. The van der Waals surface area contributed by atoms with Crippen LogP contribution >= 0.6 is 22.6 Å². The van der Waals surface area contributed by atoms with Crippen molar-refractivity contribution in [2.45, 2.75) is 74.6 Å². The third-order valence-electron chi connectivity index (χ3n) is 6.72. The second-order valence-corrected chi connectivity index (χ2v) is 10.2. The topological polar surface area (TPSA) is 18.5 Å². The molecule has 2 aromatic rings. The highest BCUT2D eigenvalue weighted by Gasteiger charge is 2.34. The molecule has 3 heteroatoms. The van der Waals surface area contributed by atoms with Gasteiger partial charge in [-0.3, -0.25) is 0 Å². The maximum atomic E-state index is 6.61. The summed E-state index contributed by atoms with van der Waals surface area (Å²) in [7, 11) is 0. The third kappa shape index (κ3) is 5.55. The minimum Gasteiger partial charge on any atom is -0.461 e. The lowest BCUT2D eigenvalue weighted by molar-refractivity contribution is -0.143. The van der Waals surface area contributed by atoms with Crippen molar-refractivity contribution in [2.75, 3.05) is 0 Å². The average Bonchev–Trinajstić information content (AvgIpc) is 2.79. The summed E-state index contributed by atoms with van der Waals surface area (Å²) in [6.07, 6.45) is 10.4. The van der Waals surface area contributed by atoms with Gasteiger partial charge in [-0.15, -0.1) is 0 Å². The first-order valence-electron chi connectivity index (χ1n) is 11.3. The fraction of sp³-hybridized carbons (Fsp3) is 0.538. The van der Waals surface area contributed by atoms with E-state index in [1.165, 1.54) is 50.5 Å². The molecule has 4 rings (SSSR count). The van der Waals surface area contributed by atoms with E-state index < -0.39 is 0 Å². The Bertz CT molecular complexity index is 745. The summed E-state index contributed by atoms with van der Waals surface area (Å²) < 4.78 is 13.5. The standard InChI is InChI=1S/C26H33IO2/c1-2-25(27)20-13-15-23(16-14-20)28-26(21-9-4-3-5-10-21)29-24-17-12-19-8-6-7-11-22(19)18-24/h3-5,9-10,13-16,19,22,24-26H,2,6-8,11-12,17-18H2,1H3. The fourth-order valence-corrected chi connectivity index (χ4v) is 5.44. The minimum absolute atomic E-state index is 0.303. The van der Waals surface area contributed by atoms with Crippen LogP contribution in [0.1, 0.15) is 79.6 Å². The smallest absolute Gasteiger partial charge is 0.226 e. The second kappa shape index (κ2) is 10.3. The van der Waals surface area contributed by atoms with Gasteiger partial charge in [-0.05, 0) is 55.2 Å². The van der Waals surface area contributed by atoms with E-state index in [4.69, 9.17) is 9.47 Å². The van der Waals surface area contributed by atoms with Gasteiger partial charge in [0, 0.05) is 9.49 Å². The Balaban J connectivity index is 1.45. The molecule has 0 heterocycles. The molecule has 5 unspecified atom stereocenters. The lowest BCUT2D eigenvalue weighted by Crippen LogP contribution is -2.33. The van der Waals surface area contributed by atoms with Gasteiger partial charge < -0.3 is 9.47 Å². The number of ether oxygens (including phenoxy) is 2. The Labute approximate surface area is 189 Å². The predicted octanol–water partition coefficient (Wildman–Crippen LogP) is 8.03. The summed E-state index contributed by atoms with van der Waals surface area (Å²) in [6.45, 7) is 2.22. The highest BCUT2D eigenvalue weighted by Crippen LogP contribution is 2.42. The molecule has 0 N–H and O–H groups in total. The molecule has 2 aromatic carbocycles. The van der Waals surface area contributed by atoms with E-state index in [9.17, 15) is 0 Å². The van der Waals surface area contributed by atoms with Gasteiger partial charge in [-0.25, -0.2) is 0 Å². The van der Waals surface area contributed by atoms with E-state index in [1.54, 1.807) is 0 Å². The molecule has 156 valence electrons. The summed E-state index contributed by atoms with van der Waals surface area (Å²) in [5.41, 5.74) is 2.45. The molecule has 2 fully saturated rings. The molecule has 2 saturated carbocycles. The number of halogens is 1. The Morgan fingerprint density at radius 2 is 1.59 bits per heavy atom. The van der Waals surface area contributed by atoms with Crippen molar-refractivity contribution in [2.24, 2.45) is 11.8 Å². The van der Waals surface area contributed by atoms with Gasteiger partial charge in [0.25, 0.3) is 0 Å². The van der Waals surface area contributed by atoms with Crippen LogP contribution in [0, 0.1) is 11.8 Å². The van der Waals surface area contributed by atoms with E-state index in [1.807, 2.05) is 6.07 Å². The van der Waals surface area contributed by atoms with E-state index in [0.29, 0.717) is 10.0 Å². The zero-order valence-electron chi connectivity index (χ0n) is 17.4. The maximum absolute atomic E-state index is 6.61. The van der Waals surface area contributed by atoms with Crippen molar-refractivity contribution < 1.29 is 9.47 Å². The van der Waals surface area contributed by atoms with Crippen molar-refractivity contribution in [3.63, 3.8) is 0 Å². The van der Waals surface area contributed by atoms with Crippen molar-refractivity contribution in [3.05, 3.63) is 65.7 Å². The molecule has 2 aliphatic carbocycles. The van der Waals surface area contributed by atoms with Gasteiger partial charge in [-0.2, -0.15) is 0 Å². The Kier molecular flexibility index (Phi) is 7.52. The summed E-state index contributed by atoms with van der Waals surface area (Å²) in [5, 5.41) is 0. The van der Waals surface area contributed by atoms with Crippen LogP contribution in [0.4, 0.5) is 0 Å². The van der Waals surface area contributed by atoms with Crippen LogP contribution in [0.3, 0.4) is 0 Å². The number of rotatable bonds is 7. The first kappa shape index (κ1) is 21.2. The summed E-state index contributed by atoms with van der Waals surface area (Å²) >= 11 is 2.50. The van der Waals surface area contributed by atoms with Crippen molar-refractivity contribution in [1.29, 1.82) is 0 Å². The summed E-state index contributed by atoms with van der Waals surface area (Å²) in [6, 6.07) is 19.0. The van der Waals surface area contributed by atoms with Crippen LogP contribution in [-0.4, -0.2) is 6.10 Å². The lowest BCUT2D eigenvalue weighted by Gasteiger charge is -2.40. The van der Waals surface area contributed by atoms with Crippen molar-refractivity contribution in [1.82, 2.24) is 0 Å². The van der Waals surface area contributed by atoms with E-state index in [0.717, 1.165) is 29.6 Å². The van der Waals surface area contributed by atoms with Crippen LogP contribution in [0.15, 0.2) is 54.6 Å². The van der Waals surface area contributed by atoms with Crippen molar-refractivity contribution >= 4 is 22.6 Å². The summed E-state index contributed by atoms with van der Waals surface area (Å²) in [5.74, 6) is 2.67. The second-order valence-electron chi connectivity index (χ2n) is 8.68. The highest BCUT2D eigenvalue weighted by atomic mass is 127. The SMILES string of the molecule is CCC(I)c1ccc(OC(OC2CCC3CCCCC3C2)c2ccccc2)cc1. The third-order valence-corrected chi connectivity index (χ3v) is 8.32. The van der Waals surface area contributed by atoms with Gasteiger partial charge in [0.1, 0.15) is 5.75 Å². The quantitative estimate of drug-likeness (QED) is 0.216. The summed E-state index contributed by atoms with van der Waals surface area (Å²) in [4.78, 5) is 0. The number of alkyl halides is 1. The fourth-order valence-electron chi connectivity index (χ4n) is 5.03. The van der Waals surface area contributed by atoms with Gasteiger partial charge in [0.2, 0.25) is 6.29 Å². The van der Waals surface area contributed by atoms with Crippen LogP contribution in [0.5, 0.6) is 5.75 Å². The zero-order chi connectivity index (χ0) is 20.1. The number of hydrogen-bond donors (Lipinski definition) is 0. The molecule has 2 aliphatic rings. The van der Waals surface area contributed by atoms with E-state index in [2.05, 4.69) is 78.0 Å². The van der Waals surface area contributed by atoms with Gasteiger partial charge in [0.05, 0.1) is 6.10 Å². The molecule has 0 amide bonds. The van der Waals surface area contributed by atoms with E-state index in [-0.39, 0.29) is 6.29 Å².